The van der Waals surface area contributed by atoms with Crippen molar-refractivity contribution in [2.45, 2.75) is 12.2 Å². The topological polar surface area (TPSA) is 76.2 Å². The Morgan fingerprint density at radius 1 is 1.04 bits per heavy atom. The van der Waals surface area contributed by atoms with Crippen LogP contribution in [-0.2, 0) is 22.0 Å². The molecule has 3 aromatic rings. The van der Waals surface area contributed by atoms with E-state index in [1.807, 2.05) is 0 Å². The van der Waals surface area contributed by atoms with E-state index in [1.165, 1.54) is 12.3 Å². The van der Waals surface area contributed by atoms with Crippen molar-refractivity contribution in [3.8, 4) is 11.5 Å². The number of hydrogen-bond donors (Lipinski definition) is 1. The third-order valence-corrected chi connectivity index (χ3v) is 4.78. The van der Waals surface area contributed by atoms with Gasteiger partial charge in [-0.3, -0.25) is 4.79 Å². The zero-order valence-corrected chi connectivity index (χ0v) is 15.7. The molecule has 3 rings (SSSR count). The van der Waals surface area contributed by atoms with Crippen molar-refractivity contribution in [1.29, 1.82) is 0 Å². The standard InChI is InChI=1S/C20H17F2NO4S/c1-28(25,26)12-15-4-2-3-14(9-13-5-8-19(24)23-11-13)20(15)27-18-7-6-16(21)10-17(18)22/h2-8,10-11H,9,12H2,1H3,(H,23,24). The first kappa shape index (κ1) is 19.8. The number of nitrogens with one attached hydrogen (secondary N) is 1. The highest BCUT2D eigenvalue weighted by Crippen LogP contribution is 2.33. The first-order valence-electron chi connectivity index (χ1n) is 8.30. The zero-order chi connectivity index (χ0) is 20.3. The molecule has 0 saturated heterocycles. The fourth-order valence-corrected chi connectivity index (χ4v) is 3.54. The van der Waals surface area contributed by atoms with Gasteiger partial charge in [0.05, 0.1) is 5.75 Å². The molecule has 5 nitrogen and oxygen atoms in total. The lowest BCUT2D eigenvalue weighted by atomic mass is 10.0. The molecule has 0 aliphatic carbocycles. The maximum atomic E-state index is 14.1. The third kappa shape index (κ3) is 5.04. The predicted octanol–water partition coefficient (Wildman–Crippen LogP) is 3.58. The summed E-state index contributed by atoms with van der Waals surface area (Å²) in [6, 6.07) is 10.9. The fraction of sp³-hybridized carbons (Fsp3) is 0.150. The highest BCUT2D eigenvalue weighted by molar-refractivity contribution is 7.89. The summed E-state index contributed by atoms with van der Waals surface area (Å²) in [5.74, 6) is -1.98. The van der Waals surface area contributed by atoms with Gasteiger partial charge in [-0.25, -0.2) is 17.2 Å². The summed E-state index contributed by atoms with van der Waals surface area (Å²) in [4.78, 5) is 13.8. The normalized spacial score (nSPS) is 11.4. The number of aromatic nitrogens is 1. The highest BCUT2D eigenvalue weighted by Gasteiger charge is 2.17. The lowest BCUT2D eigenvalue weighted by Crippen LogP contribution is -2.06. The summed E-state index contributed by atoms with van der Waals surface area (Å²) < 4.78 is 56.6. The molecule has 1 heterocycles. The Hall–Kier alpha value is -3.00. The van der Waals surface area contributed by atoms with Crippen LogP contribution in [0.5, 0.6) is 11.5 Å². The predicted molar refractivity (Wildman–Crippen MR) is 101 cm³/mol. The second-order valence-electron chi connectivity index (χ2n) is 6.39. The van der Waals surface area contributed by atoms with Gasteiger partial charge in [-0.1, -0.05) is 24.3 Å². The van der Waals surface area contributed by atoms with E-state index in [9.17, 15) is 22.0 Å². The minimum absolute atomic E-state index is 0.185. The maximum absolute atomic E-state index is 14.1. The minimum Gasteiger partial charge on any atom is -0.454 e. The molecule has 1 N–H and O–H groups in total. The van der Waals surface area contributed by atoms with E-state index in [0.29, 0.717) is 23.6 Å². The maximum Gasteiger partial charge on any atom is 0.247 e. The Bertz CT molecular complexity index is 1150. The van der Waals surface area contributed by atoms with Gasteiger partial charge in [-0.15, -0.1) is 0 Å². The van der Waals surface area contributed by atoms with E-state index in [1.54, 1.807) is 24.3 Å². The lowest BCUT2D eigenvalue weighted by Gasteiger charge is -2.16. The molecule has 0 bridgehead atoms. The summed E-state index contributed by atoms with van der Waals surface area (Å²) >= 11 is 0. The second-order valence-corrected chi connectivity index (χ2v) is 8.53. The van der Waals surface area contributed by atoms with Crippen LogP contribution in [0.4, 0.5) is 8.78 Å². The smallest absolute Gasteiger partial charge is 0.247 e. The molecular weight excluding hydrogens is 388 g/mol. The third-order valence-electron chi connectivity index (χ3n) is 3.94. The molecule has 0 radical (unpaired) electrons. The van der Waals surface area contributed by atoms with Gasteiger partial charge in [0, 0.05) is 36.6 Å². The number of pyridine rings is 1. The van der Waals surface area contributed by atoms with Crippen molar-refractivity contribution >= 4 is 9.84 Å². The monoisotopic (exact) mass is 405 g/mol. The van der Waals surface area contributed by atoms with E-state index in [2.05, 4.69) is 4.98 Å². The van der Waals surface area contributed by atoms with Crippen molar-refractivity contribution < 1.29 is 21.9 Å². The van der Waals surface area contributed by atoms with Crippen LogP contribution in [0.15, 0.2) is 59.5 Å². The van der Waals surface area contributed by atoms with Crippen LogP contribution in [0.25, 0.3) is 0 Å². The molecule has 0 aliphatic rings. The van der Waals surface area contributed by atoms with Crippen molar-refractivity contribution in [3.05, 3.63) is 93.4 Å². The van der Waals surface area contributed by atoms with Gasteiger partial charge in [-0.05, 0) is 23.3 Å². The molecule has 0 spiro atoms. The summed E-state index contributed by atoms with van der Waals surface area (Å²) in [6.45, 7) is 0. The lowest BCUT2D eigenvalue weighted by molar-refractivity contribution is 0.431. The highest BCUT2D eigenvalue weighted by atomic mass is 32.2. The van der Waals surface area contributed by atoms with Gasteiger partial charge in [0.1, 0.15) is 11.6 Å². The summed E-state index contributed by atoms with van der Waals surface area (Å²) in [5.41, 5.74) is 1.45. The van der Waals surface area contributed by atoms with Gasteiger partial charge in [0.25, 0.3) is 0 Å². The Kier molecular flexibility index (Phi) is 5.60. The van der Waals surface area contributed by atoms with Crippen LogP contribution in [0.3, 0.4) is 0 Å². The largest absolute Gasteiger partial charge is 0.454 e. The summed E-state index contributed by atoms with van der Waals surface area (Å²) in [7, 11) is -3.39. The van der Waals surface area contributed by atoms with Gasteiger partial charge < -0.3 is 9.72 Å². The average Bonchev–Trinajstić information content (AvgIpc) is 2.60. The fourth-order valence-electron chi connectivity index (χ4n) is 2.75. The quantitative estimate of drug-likeness (QED) is 0.680. The summed E-state index contributed by atoms with van der Waals surface area (Å²) in [6.07, 6.45) is 2.93. The van der Waals surface area contributed by atoms with Crippen molar-refractivity contribution in [3.63, 3.8) is 0 Å². The van der Waals surface area contributed by atoms with Gasteiger partial charge >= 0.3 is 0 Å². The van der Waals surface area contributed by atoms with Crippen LogP contribution in [0.2, 0.25) is 0 Å². The molecule has 0 fully saturated rings. The van der Waals surface area contributed by atoms with Crippen molar-refractivity contribution in [1.82, 2.24) is 4.98 Å². The molecule has 28 heavy (non-hydrogen) atoms. The van der Waals surface area contributed by atoms with Gasteiger partial charge in [-0.2, -0.15) is 0 Å². The van der Waals surface area contributed by atoms with Crippen LogP contribution in [-0.4, -0.2) is 19.7 Å². The Labute approximate surface area is 160 Å². The van der Waals surface area contributed by atoms with Gasteiger partial charge in [0.2, 0.25) is 5.56 Å². The Morgan fingerprint density at radius 2 is 1.79 bits per heavy atom. The summed E-state index contributed by atoms with van der Waals surface area (Å²) in [5, 5.41) is 0. The molecule has 1 aromatic heterocycles. The molecule has 2 aromatic carbocycles. The van der Waals surface area contributed by atoms with Crippen molar-refractivity contribution in [2.75, 3.05) is 6.26 Å². The van der Waals surface area contributed by atoms with Crippen LogP contribution in [0, 0.1) is 11.6 Å². The van der Waals surface area contributed by atoms with Crippen molar-refractivity contribution in [2.24, 2.45) is 0 Å². The average molecular weight is 405 g/mol. The van der Waals surface area contributed by atoms with Crippen LogP contribution in [0.1, 0.15) is 16.7 Å². The molecule has 0 aliphatic heterocycles. The first-order valence-corrected chi connectivity index (χ1v) is 10.4. The number of para-hydroxylation sites is 1. The Morgan fingerprint density at radius 3 is 2.43 bits per heavy atom. The number of rotatable bonds is 6. The second kappa shape index (κ2) is 7.93. The Balaban J connectivity index is 2.06. The zero-order valence-electron chi connectivity index (χ0n) is 14.9. The molecule has 0 unspecified atom stereocenters. The minimum atomic E-state index is -3.39. The number of aromatic amines is 1. The number of sulfone groups is 1. The molecule has 0 atom stereocenters. The number of halogens is 2. The number of benzene rings is 2. The SMILES string of the molecule is CS(=O)(=O)Cc1cccc(Cc2ccc(=O)[nH]c2)c1Oc1ccc(F)cc1F. The number of ether oxygens (including phenoxy) is 1. The first-order chi connectivity index (χ1) is 13.2. The van der Waals surface area contributed by atoms with E-state index in [0.717, 1.165) is 24.0 Å². The molecule has 146 valence electrons. The number of H-pyrrole nitrogens is 1. The molecular formula is C20H17F2NO4S. The molecule has 0 saturated carbocycles. The van der Waals surface area contributed by atoms with Crippen LogP contribution >= 0.6 is 0 Å². The van der Waals surface area contributed by atoms with E-state index in [4.69, 9.17) is 4.74 Å². The molecule has 8 heteroatoms. The van der Waals surface area contributed by atoms with Crippen LogP contribution < -0.4 is 10.3 Å². The van der Waals surface area contributed by atoms with E-state index < -0.39 is 21.5 Å². The molecule has 0 amide bonds. The van der Waals surface area contributed by atoms with E-state index >= 15 is 0 Å². The number of hydrogen-bond acceptors (Lipinski definition) is 4. The van der Waals surface area contributed by atoms with E-state index in [-0.39, 0.29) is 22.8 Å². The van der Waals surface area contributed by atoms with Gasteiger partial charge in [0.15, 0.2) is 21.4 Å².